The van der Waals surface area contributed by atoms with E-state index in [1.54, 1.807) is 0 Å². The standard InChI is InChI=1S/C11H21N5/c1-5-9-10(6-2)14-15-11(13-9)16(4)8-7-12-3/h12H,5-8H2,1-4H3. The molecule has 0 saturated carbocycles. The zero-order chi connectivity index (χ0) is 12.0. The Labute approximate surface area is 97.3 Å². The van der Waals surface area contributed by atoms with Gasteiger partial charge in [-0.15, -0.1) is 5.10 Å². The highest BCUT2D eigenvalue weighted by molar-refractivity contribution is 5.28. The lowest BCUT2D eigenvalue weighted by Gasteiger charge is -2.17. The second-order valence-corrected chi connectivity index (χ2v) is 3.74. The van der Waals surface area contributed by atoms with Crippen molar-refractivity contribution in [3.63, 3.8) is 0 Å². The van der Waals surface area contributed by atoms with Crippen LogP contribution in [0.3, 0.4) is 0 Å². The molecule has 1 heterocycles. The molecule has 0 aliphatic carbocycles. The first kappa shape index (κ1) is 12.8. The summed E-state index contributed by atoms with van der Waals surface area (Å²) in [6.45, 7) is 5.97. The fourth-order valence-corrected chi connectivity index (χ4v) is 1.47. The van der Waals surface area contributed by atoms with Crippen LogP contribution in [0, 0.1) is 0 Å². The van der Waals surface area contributed by atoms with Crippen LogP contribution in [0.5, 0.6) is 0 Å². The third-order valence-electron chi connectivity index (χ3n) is 2.54. The molecule has 1 aromatic rings. The average Bonchev–Trinajstić information content (AvgIpc) is 2.34. The number of nitrogens with zero attached hydrogens (tertiary/aromatic N) is 4. The molecule has 0 aliphatic heterocycles. The van der Waals surface area contributed by atoms with Gasteiger partial charge in [-0.25, -0.2) is 4.98 Å². The summed E-state index contributed by atoms with van der Waals surface area (Å²) in [5, 5.41) is 11.5. The lowest BCUT2D eigenvalue weighted by atomic mass is 10.2. The molecule has 5 nitrogen and oxygen atoms in total. The van der Waals surface area contributed by atoms with Crippen molar-refractivity contribution in [3.05, 3.63) is 11.4 Å². The molecule has 0 aliphatic rings. The molecule has 16 heavy (non-hydrogen) atoms. The van der Waals surface area contributed by atoms with Gasteiger partial charge in [-0.3, -0.25) is 0 Å². The van der Waals surface area contributed by atoms with Gasteiger partial charge in [0.05, 0.1) is 11.4 Å². The van der Waals surface area contributed by atoms with Crippen LogP contribution in [-0.2, 0) is 12.8 Å². The van der Waals surface area contributed by atoms with Gasteiger partial charge in [-0.05, 0) is 19.9 Å². The number of rotatable bonds is 6. The summed E-state index contributed by atoms with van der Waals surface area (Å²) in [5.41, 5.74) is 2.07. The zero-order valence-electron chi connectivity index (χ0n) is 10.6. The Morgan fingerprint density at radius 2 is 1.81 bits per heavy atom. The molecule has 0 atom stereocenters. The van der Waals surface area contributed by atoms with E-state index in [0.717, 1.165) is 37.3 Å². The van der Waals surface area contributed by atoms with E-state index >= 15 is 0 Å². The minimum atomic E-state index is 0.712. The summed E-state index contributed by atoms with van der Waals surface area (Å²) >= 11 is 0. The monoisotopic (exact) mass is 223 g/mol. The summed E-state index contributed by atoms with van der Waals surface area (Å²) in [6, 6.07) is 0. The van der Waals surface area contributed by atoms with Crippen molar-refractivity contribution in [2.24, 2.45) is 0 Å². The highest BCUT2D eigenvalue weighted by Crippen LogP contribution is 2.09. The van der Waals surface area contributed by atoms with E-state index in [4.69, 9.17) is 0 Å². The van der Waals surface area contributed by atoms with E-state index in [9.17, 15) is 0 Å². The van der Waals surface area contributed by atoms with E-state index < -0.39 is 0 Å². The first-order chi connectivity index (χ1) is 7.72. The van der Waals surface area contributed by atoms with Gasteiger partial charge in [0.25, 0.3) is 0 Å². The van der Waals surface area contributed by atoms with Crippen LogP contribution >= 0.6 is 0 Å². The van der Waals surface area contributed by atoms with Gasteiger partial charge in [-0.2, -0.15) is 5.10 Å². The van der Waals surface area contributed by atoms with E-state index in [2.05, 4.69) is 34.3 Å². The van der Waals surface area contributed by atoms with Crippen LogP contribution in [0.15, 0.2) is 0 Å². The predicted molar refractivity (Wildman–Crippen MR) is 65.8 cm³/mol. The molecule has 1 rings (SSSR count). The van der Waals surface area contributed by atoms with Crippen molar-refractivity contribution in [2.75, 3.05) is 32.1 Å². The Morgan fingerprint density at radius 1 is 1.12 bits per heavy atom. The maximum Gasteiger partial charge on any atom is 0.245 e. The van der Waals surface area contributed by atoms with E-state index in [1.807, 2.05) is 19.0 Å². The van der Waals surface area contributed by atoms with Gasteiger partial charge in [0.15, 0.2) is 0 Å². The molecule has 0 aromatic carbocycles. The number of likely N-dealkylation sites (N-methyl/N-ethyl adjacent to an activating group) is 2. The summed E-state index contributed by atoms with van der Waals surface area (Å²) in [5.74, 6) is 0.712. The number of aromatic nitrogens is 3. The summed E-state index contributed by atoms with van der Waals surface area (Å²) in [7, 11) is 3.92. The van der Waals surface area contributed by atoms with E-state index in [1.165, 1.54) is 0 Å². The second-order valence-electron chi connectivity index (χ2n) is 3.74. The van der Waals surface area contributed by atoms with Crippen molar-refractivity contribution >= 4 is 5.95 Å². The van der Waals surface area contributed by atoms with Gasteiger partial charge in [0, 0.05) is 20.1 Å². The summed E-state index contributed by atoms with van der Waals surface area (Å²) < 4.78 is 0. The van der Waals surface area contributed by atoms with Crippen LogP contribution in [0.2, 0.25) is 0 Å². The lowest BCUT2D eigenvalue weighted by molar-refractivity contribution is 0.728. The van der Waals surface area contributed by atoms with Crippen molar-refractivity contribution in [1.29, 1.82) is 0 Å². The lowest BCUT2D eigenvalue weighted by Crippen LogP contribution is -2.29. The van der Waals surface area contributed by atoms with Crippen LogP contribution in [0.25, 0.3) is 0 Å². The highest BCUT2D eigenvalue weighted by atomic mass is 15.3. The van der Waals surface area contributed by atoms with Crippen molar-refractivity contribution in [3.8, 4) is 0 Å². The molecule has 0 bridgehead atoms. The molecular formula is C11H21N5. The molecule has 0 radical (unpaired) electrons. The first-order valence-electron chi connectivity index (χ1n) is 5.81. The third-order valence-corrected chi connectivity index (χ3v) is 2.54. The minimum Gasteiger partial charge on any atom is -0.341 e. The zero-order valence-corrected chi connectivity index (χ0v) is 10.6. The maximum absolute atomic E-state index is 4.54. The quantitative estimate of drug-likeness (QED) is 0.767. The fraction of sp³-hybridized carbons (Fsp3) is 0.727. The Kier molecular flexibility index (Phi) is 5.11. The summed E-state index contributed by atoms with van der Waals surface area (Å²) in [4.78, 5) is 6.56. The number of hydrogen-bond donors (Lipinski definition) is 1. The number of aryl methyl sites for hydroxylation is 2. The number of hydrogen-bond acceptors (Lipinski definition) is 5. The Bertz CT molecular complexity index is 326. The molecule has 0 fully saturated rings. The Balaban J connectivity index is 2.81. The first-order valence-corrected chi connectivity index (χ1v) is 5.81. The highest BCUT2D eigenvalue weighted by Gasteiger charge is 2.09. The van der Waals surface area contributed by atoms with Gasteiger partial charge < -0.3 is 10.2 Å². The normalized spacial score (nSPS) is 10.5. The van der Waals surface area contributed by atoms with Crippen molar-refractivity contribution in [1.82, 2.24) is 20.5 Å². The molecule has 0 spiro atoms. The topological polar surface area (TPSA) is 53.9 Å². The van der Waals surface area contributed by atoms with E-state index in [-0.39, 0.29) is 0 Å². The van der Waals surface area contributed by atoms with Gasteiger partial charge in [0.1, 0.15) is 0 Å². The van der Waals surface area contributed by atoms with Crippen LogP contribution in [-0.4, -0.2) is 42.4 Å². The van der Waals surface area contributed by atoms with E-state index in [0.29, 0.717) is 5.95 Å². The Hall–Kier alpha value is -1.23. The number of anilines is 1. The smallest absolute Gasteiger partial charge is 0.245 e. The van der Waals surface area contributed by atoms with Crippen LogP contribution in [0.1, 0.15) is 25.2 Å². The second kappa shape index (κ2) is 6.37. The minimum absolute atomic E-state index is 0.712. The molecule has 0 unspecified atom stereocenters. The molecule has 90 valence electrons. The molecule has 0 amide bonds. The summed E-state index contributed by atoms with van der Waals surface area (Å²) in [6.07, 6.45) is 1.80. The Morgan fingerprint density at radius 3 is 2.38 bits per heavy atom. The van der Waals surface area contributed by atoms with Crippen LogP contribution < -0.4 is 10.2 Å². The molecule has 1 aromatic heterocycles. The fourth-order valence-electron chi connectivity index (χ4n) is 1.47. The molecule has 5 heteroatoms. The molecular weight excluding hydrogens is 202 g/mol. The van der Waals surface area contributed by atoms with Crippen LogP contribution in [0.4, 0.5) is 5.95 Å². The predicted octanol–water partition coefficient (Wildman–Crippen LogP) is 0.652. The average molecular weight is 223 g/mol. The third kappa shape index (κ3) is 3.13. The molecule has 1 N–H and O–H groups in total. The largest absolute Gasteiger partial charge is 0.341 e. The SMILES string of the molecule is CCc1nnc(N(C)CCNC)nc1CC. The van der Waals surface area contributed by atoms with Gasteiger partial charge in [0.2, 0.25) is 5.95 Å². The van der Waals surface area contributed by atoms with Crippen molar-refractivity contribution < 1.29 is 0 Å². The molecule has 0 saturated heterocycles. The van der Waals surface area contributed by atoms with Gasteiger partial charge in [-0.1, -0.05) is 13.8 Å². The maximum atomic E-state index is 4.54. The number of nitrogens with one attached hydrogen (secondary N) is 1. The van der Waals surface area contributed by atoms with Gasteiger partial charge >= 0.3 is 0 Å². The van der Waals surface area contributed by atoms with Crippen molar-refractivity contribution in [2.45, 2.75) is 26.7 Å².